The van der Waals surface area contributed by atoms with E-state index in [1.165, 1.54) is 24.9 Å². The van der Waals surface area contributed by atoms with Gasteiger partial charge in [0.15, 0.2) is 5.57 Å². The van der Waals surface area contributed by atoms with Gasteiger partial charge in [-0.2, -0.15) is 0 Å². The highest BCUT2D eigenvalue weighted by molar-refractivity contribution is 6.15. The van der Waals surface area contributed by atoms with Gasteiger partial charge in [-0.05, 0) is 19.3 Å². The Kier molecular flexibility index (Phi) is 3.69. The zero-order valence-electron chi connectivity index (χ0n) is 11.4. The lowest BCUT2D eigenvalue weighted by Crippen LogP contribution is -2.45. The minimum absolute atomic E-state index is 0.266. The largest absolute Gasteiger partial charge is 0.480 e. The molecule has 0 amide bonds. The summed E-state index contributed by atoms with van der Waals surface area (Å²) in [6, 6.07) is -0.730. The zero-order chi connectivity index (χ0) is 14.9. The molecule has 0 aromatic carbocycles. The number of ether oxygens (including phenoxy) is 2. The van der Waals surface area contributed by atoms with Crippen molar-refractivity contribution in [2.45, 2.75) is 44.9 Å². The van der Waals surface area contributed by atoms with E-state index < -0.39 is 29.7 Å². The summed E-state index contributed by atoms with van der Waals surface area (Å²) in [5.74, 6) is -3.85. The Hall–Kier alpha value is -2.05. The summed E-state index contributed by atoms with van der Waals surface area (Å²) < 4.78 is 9.94. The number of carbonyl (C=O) groups is 3. The molecule has 0 aromatic rings. The molecule has 0 aliphatic carbocycles. The summed E-state index contributed by atoms with van der Waals surface area (Å²) in [7, 11) is 0. The van der Waals surface area contributed by atoms with Crippen LogP contribution < -0.4 is 0 Å². The molecule has 110 valence electrons. The van der Waals surface area contributed by atoms with Gasteiger partial charge < -0.3 is 19.5 Å². The molecule has 7 nitrogen and oxygen atoms in total. The van der Waals surface area contributed by atoms with Gasteiger partial charge in [0.05, 0.1) is 0 Å². The van der Waals surface area contributed by atoms with Crippen molar-refractivity contribution in [3.63, 3.8) is 0 Å². The lowest BCUT2D eigenvalue weighted by molar-refractivity contribution is -0.222. The first kappa shape index (κ1) is 14.4. The third-order valence-corrected chi connectivity index (χ3v) is 3.24. The second-order valence-electron chi connectivity index (χ2n) is 5.31. The Bertz CT molecular complexity index is 459. The van der Waals surface area contributed by atoms with Crippen LogP contribution in [0.1, 0.15) is 33.1 Å². The molecule has 20 heavy (non-hydrogen) atoms. The van der Waals surface area contributed by atoms with Crippen molar-refractivity contribution < 1.29 is 29.0 Å². The smallest absolute Gasteiger partial charge is 0.350 e. The van der Waals surface area contributed by atoms with Crippen molar-refractivity contribution in [3.05, 3.63) is 11.8 Å². The Balaban J connectivity index is 2.22. The third-order valence-electron chi connectivity index (χ3n) is 3.24. The fourth-order valence-corrected chi connectivity index (χ4v) is 2.31. The highest BCUT2D eigenvalue weighted by Gasteiger charge is 2.40. The first-order valence-corrected chi connectivity index (χ1v) is 6.47. The second kappa shape index (κ2) is 5.15. The van der Waals surface area contributed by atoms with Gasteiger partial charge in [-0.3, -0.25) is 0 Å². The van der Waals surface area contributed by atoms with E-state index >= 15 is 0 Å². The van der Waals surface area contributed by atoms with Crippen LogP contribution >= 0.6 is 0 Å². The Morgan fingerprint density at radius 2 is 1.90 bits per heavy atom. The molecule has 2 saturated heterocycles. The van der Waals surface area contributed by atoms with Crippen molar-refractivity contribution in [1.82, 2.24) is 4.90 Å². The first-order chi connectivity index (χ1) is 9.30. The maximum Gasteiger partial charge on any atom is 0.350 e. The van der Waals surface area contributed by atoms with E-state index in [1.807, 2.05) is 0 Å². The van der Waals surface area contributed by atoms with E-state index in [9.17, 15) is 14.4 Å². The van der Waals surface area contributed by atoms with Crippen LogP contribution in [0.3, 0.4) is 0 Å². The van der Waals surface area contributed by atoms with Gasteiger partial charge in [-0.15, -0.1) is 0 Å². The lowest BCUT2D eigenvalue weighted by atomic mass is 10.0. The van der Waals surface area contributed by atoms with Gasteiger partial charge in [0.2, 0.25) is 0 Å². The molecule has 0 radical (unpaired) electrons. The SMILES string of the molecule is CC1(C)OC(=O)C(=CN2CCCCC2C(=O)O)C(=O)O1. The van der Waals surface area contributed by atoms with E-state index in [1.54, 1.807) is 0 Å². The molecule has 0 spiro atoms. The summed E-state index contributed by atoms with van der Waals surface area (Å²) in [6.45, 7) is 3.39. The molecule has 0 saturated carbocycles. The molecule has 2 fully saturated rings. The fourth-order valence-electron chi connectivity index (χ4n) is 2.31. The van der Waals surface area contributed by atoms with Crippen molar-refractivity contribution in [3.8, 4) is 0 Å². The molecule has 0 aromatic heterocycles. The van der Waals surface area contributed by atoms with Crippen LogP contribution in [0, 0.1) is 0 Å². The topological polar surface area (TPSA) is 93.1 Å². The van der Waals surface area contributed by atoms with Crippen molar-refractivity contribution in [2.24, 2.45) is 0 Å². The first-order valence-electron chi connectivity index (χ1n) is 6.47. The number of carbonyl (C=O) groups excluding carboxylic acids is 2. The van der Waals surface area contributed by atoms with Crippen LogP contribution in [-0.4, -0.2) is 46.3 Å². The summed E-state index contributed by atoms with van der Waals surface area (Å²) in [5.41, 5.74) is -0.266. The molecule has 2 aliphatic heterocycles. The maximum absolute atomic E-state index is 11.8. The van der Waals surface area contributed by atoms with Gasteiger partial charge in [0.25, 0.3) is 5.79 Å². The van der Waals surface area contributed by atoms with Crippen molar-refractivity contribution >= 4 is 17.9 Å². The number of hydrogen-bond acceptors (Lipinski definition) is 6. The number of hydrogen-bond donors (Lipinski definition) is 1. The lowest BCUT2D eigenvalue weighted by Gasteiger charge is -2.34. The van der Waals surface area contributed by atoms with Crippen LogP contribution in [0.25, 0.3) is 0 Å². The van der Waals surface area contributed by atoms with Crippen LogP contribution in [0.2, 0.25) is 0 Å². The number of cyclic esters (lactones) is 2. The van der Waals surface area contributed by atoms with Crippen LogP contribution in [0.4, 0.5) is 0 Å². The minimum Gasteiger partial charge on any atom is -0.480 e. The minimum atomic E-state index is -1.29. The van der Waals surface area contributed by atoms with E-state index in [-0.39, 0.29) is 5.57 Å². The summed E-state index contributed by atoms with van der Waals surface area (Å²) in [5, 5.41) is 9.15. The average molecular weight is 283 g/mol. The molecule has 7 heteroatoms. The molecule has 1 atom stereocenters. The Labute approximate surface area is 116 Å². The standard InChI is InChI=1S/C13H17NO6/c1-13(2)19-11(17)8(12(18)20-13)7-14-6-4-3-5-9(14)10(15)16/h7,9H,3-6H2,1-2H3,(H,15,16). The number of carboxylic acid groups (broad SMARTS) is 1. The van der Waals surface area contributed by atoms with Gasteiger partial charge in [-0.1, -0.05) is 0 Å². The quantitative estimate of drug-likeness (QED) is 0.451. The molecular formula is C13H17NO6. The number of aliphatic carboxylic acids is 1. The summed E-state index contributed by atoms with van der Waals surface area (Å²) in [6.07, 6.45) is 3.34. The normalized spacial score (nSPS) is 25.8. The molecule has 0 bridgehead atoms. The molecule has 1 unspecified atom stereocenters. The molecule has 2 aliphatic rings. The summed E-state index contributed by atoms with van der Waals surface area (Å²) in [4.78, 5) is 36.3. The fraction of sp³-hybridized carbons (Fsp3) is 0.615. The molecule has 1 N–H and O–H groups in total. The van der Waals surface area contributed by atoms with Gasteiger partial charge in [-0.25, -0.2) is 14.4 Å². The maximum atomic E-state index is 11.8. The third kappa shape index (κ3) is 2.92. The number of esters is 2. The predicted octanol–water partition coefficient (Wildman–Crippen LogP) is 0.645. The van der Waals surface area contributed by atoms with Gasteiger partial charge >= 0.3 is 17.9 Å². The monoisotopic (exact) mass is 283 g/mol. The van der Waals surface area contributed by atoms with Gasteiger partial charge in [0.1, 0.15) is 6.04 Å². The van der Waals surface area contributed by atoms with E-state index in [0.29, 0.717) is 13.0 Å². The highest BCUT2D eigenvalue weighted by Crippen LogP contribution is 2.25. The Morgan fingerprint density at radius 3 is 2.45 bits per heavy atom. The van der Waals surface area contributed by atoms with Gasteiger partial charge in [0, 0.05) is 26.6 Å². The highest BCUT2D eigenvalue weighted by atomic mass is 16.7. The van der Waals surface area contributed by atoms with Crippen LogP contribution in [0.15, 0.2) is 11.8 Å². The number of nitrogens with zero attached hydrogens (tertiary/aromatic N) is 1. The zero-order valence-corrected chi connectivity index (χ0v) is 11.4. The molecule has 2 rings (SSSR count). The van der Waals surface area contributed by atoms with E-state index in [2.05, 4.69) is 0 Å². The predicted molar refractivity (Wildman–Crippen MR) is 66.3 cm³/mol. The van der Waals surface area contributed by atoms with Crippen molar-refractivity contribution in [2.75, 3.05) is 6.54 Å². The van der Waals surface area contributed by atoms with E-state index in [0.717, 1.165) is 12.8 Å². The van der Waals surface area contributed by atoms with E-state index in [4.69, 9.17) is 14.6 Å². The number of likely N-dealkylation sites (tertiary alicyclic amines) is 1. The second-order valence-corrected chi connectivity index (χ2v) is 5.31. The average Bonchev–Trinajstić information content (AvgIpc) is 2.33. The number of piperidine rings is 1. The van der Waals surface area contributed by atoms with Crippen molar-refractivity contribution in [1.29, 1.82) is 0 Å². The summed E-state index contributed by atoms with van der Waals surface area (Å²) >= 11 is 0. The molecular weight excluding hydrogens is 266 g/mol. The Morgan fingerprint density at radius 1 is 1.30 bits per heavy atom. The number of carboxylic acids is 1. The van der Waals surface area contributed by atoms with Crippen LogP contribution in [0.5, 0.6) is 0 Å². The van der Waals surface area contributed by atoms with Crippen LogP contribution in [-0.2, 0) is 23.9 Å². The molecule has 2 heterocycles. The number of rotatable bonds is 2.